The molecule has 0 aromatic heterocycles. The van der Waals surface area contributed by atoms with Gasteiger partial charge in [-0.05, 0) is 38.5 Å². The van der Waals surface area contributed by atoms with Crippen LogP contribution in [-0.4, -0.2) is 0 Å². The number of allylic oxidation sites excluding steroid dienone is 4. The summed E-state index contributed by atoms with van der Waals surface area (Å²) in [5, 5.41) is 0. The molecule has 15 heavy (non-hydrogen) atoms. The molecular formula is C15H26. The maximum Gasteiger partial charge on any atom is -0.0250 e. The second kappa shape index (κ2) is 8.52. The van der Waals surface area contributed by atoms with Crippen molar-refractivity contribution in [3.63, 3.8) is 0 Å². The van der Waals surface area contributed by atoms with Crippen molar-refractivity contribution >= 4 is 0 Å². The average Bonchev–Trinajstić information content (AvgIpc) is 2.17. The van der Waals surface area contributed by atoms with Gasteiger partial charge in [-0.15, -0.1) is 0 Å². The van der Waals surface area contributed by atoms with Crippen molar-refractivity contribution in [2.45, 2.75) is 52.9 Å². The largest absolute Gasteiger partial charge is 0.0988 e. The van der Waals surface area contributed by atoms with Gasteiger partial charge in [-0.25, -0.2) is 0 Å². The zero-order valence-corrected chi connectivity index (χ0v) is 10.7. The van der Waals surface area contributed by atoms with Crippen LogP contribution in [0, 0.1) is 5.92 Å². The first kappa shape index (κ1) is 14.2. The van der Waals surface area contributed by atoms with Crippen LogP contribution in [0.25, 0.3) is 0 Å². The van der Waals surface area contributed by atoms with Gasteiger partial charge in [0, 0.05) is 0 Å². The molecule has 86 valence electrons. The number of rotatable bonds is 8. The van der Waals surface area contributed by atoms with Crippen LogP contribution in [-0.2, 0) is 0 Å². The van der Waals surface area contributed by atoms with Crippen molar-refractivity contribution < 1.29 is 0 Å². The third-order valence-electron chi connectivity index (χ3n) is 2.60. The van der Waals surface area contributed by atoms with Gasteiger partial charge in [0.1, 0.15) is 0 Å². The SMILES string of the molecule is C=CC(=C)CCC=C(C)CCCC(C)C. The molecule has 0 spiro atoms. The minimum Gasteiger partial charge on any atom is -0.0988 e. The molecule has 0 amide bonds. The van der Waals surface area contributed by atoms with E-state index in [1.807, 2.05) is 6.08 Å². The average molecular weight is 206 g/mol. The summed E-state index contributed by atoms with van der Waals surface area (Å²) in [6.07, 6.45) is 10.3. The first-order chi connectivity index (χ1) is 7.06. The molecule has 0 rings (SSSR count). The molecule has 0 fully saturated rings. The Kier molecular flexibility index (Phi) is 8.08. The van der Waals surface area contributed by atoms with Gasteiger partial charge in [-0.2, -0.15) is 0 Å². The third-order valence-corrected chi connectivity index (χ3v) is 2.60. The Balaban J connectivity index is 3.60. The first-order valence-electron chi connectivity index (χ1n) is 6.02. The molecule has 0 radical (unpaired) electrons. The van der Waals surface area contributed by atoms with Gasteiger partial charge >= 0.3 is 0 Å². The van der Waals surface area contributed by atoms with E-state index in [1.165, 1.54) is 24.8 Å². The molecule has 0 aromatic carbocycles. The van der Waals surface area contributed by atoms with E-state index in [-0.39, 0.29) is 0 Å². The zero-order chi connectivity index (χ0) is 11.7. The van der Waals surface area contributed by atoms with Crippen LogP contribution in [0.5, 0.6) is 0 Å². The Morgan fingerprint density at radius 1 is 1.27 bits per heavy atom. The van der Waals surface area contributed by atoms with Crippen molar-refractivity contribution in [1.82, 2.24) is 0 Å². The fourth-order valence-corrected chi connectivity index (χ4v) is 1.50. The lowest BCUT2D eigenvalue weighted by Crippen LogP contribution is -1.87. The molecule has 0 saturated carbocycles. The first-order valence-corrected chi connectivity index (χ1v) is 6.02. The van der Waals surface area contributed by atoms with E-state index in [0.29, 0.717) is 0 Å². The minimum atomic E-state index is 0.832. The van der Waals surface area contributed by atoms with Crippen LogP contribution in [0.15, 0.2) is 36.5 Å². The normalized spacial score (nSPS) is 11.9. The highest BCUT2D eigenvalue weighted by molar-refractivity contribution is 5.12. The van der Waals surface area contributed by atoms with Crippen molar-refractivity contribution in [3.05, 3.63) is 36.5 Å². The maximum atomic E-state index is 3.91. The standard InChI is InChI=1S/C15H26/c1-6-14(4)10-8-12-15(5)11-7-9-13(2)3/h6,12-13H,1,4,7-11H2,2-3,5H3. The van der Waals surface area contributed by atoms with Crippen LogP contribution >= 0.6 is 0 Å². The van der Waals surface area contributed by atoms with Gasteiger partial charge in [-0.3, -0.25) is 0 Å². The Labute approximate surface area is 95.8 Å². The van der Waals surface area contributed by atoms with E-state index in [2.05, 4.69) is 40.0 Å². The highest BCUT2D eigenvalue weighted by Crippen LogP contribution is 2.13. The molecule has 0 atom stereocenters. The second-order valence-corrected chi connectivity index (χ2v) is 4.74. The van der Waals surface area contributed by atoms with Gasteiger partial charge in [0.2, 0.25) is 0 Å². The second-order valence-electron chi connectivity index (χ2n) is 4.74. The topological polar surface area (TPSA) is 0 Å². The molecular weight excluding hydrogens is 180 g/mol. The zero-order valence-electron chi connectivity index (χ0n) is 10.7. The van der Waals surface area contributed by atoms with E-state index >= 15 is 0 Å². The molecule has 0 unspecified atom stereocenters. The summed E-state index contributed by atoms with van der Waals surface area (Å²) < 4.78 is 0. The molecule has 0 N–H and O–H groups in total. The lowest BCUT2D eigenvalue weighted by Gasteiger charge is -2.04. The summed E-state index contributed by atoms with van der Waals surface area (Å²) in [5.41, 5.74) is 2.66. The number of hydrogen-bond donors (Lipinski definition) is 0. The Morgan fingerprint density at radius 2 is 1.93 bits per heavy atom. The van der Waals surface area contributed by atoms with Gasteiger partial charge < -0.3 is 0 Å². The van der Waals surface area contributed by atoms with Gasteiger partial charge in [-0.1, -0.05) is 56.7 Å². The molecule has 0 aromatic rings. The molecule has 0 aliphatic carbocycles. The van der Waals surface area contributed by atoms with E-state index in [0.717, 1.165) is 24.3 Å². The van der Waals surface area contributed by atoms with Crippen LogP contribution in [0.2, 0.25) is 0 Å². The third kappa shape index (κ3) is 9.52. The van der Waals surface area contributed by atoms with Gasteiger partial charge in [0.15, 0.2) is 0 Å². The van der Waals surface area contributed by atoms with Crippen molar-refractivity contribution in [3.8, 4) is 0 Å². The predicted molar refractivity (Wildman–Crippen MR) is 71.0 cm³/mol. The molecule has 0 heteroatoms. The quantitative estimate of drug-likeness (QED) is 0.374. The molecule has 0 heterocycles. The predicted octanol–water partition coefficient (Wildman–Crippen LogP) is 5.28. The van der Waals surface area contributed by atoms with Crippen LogP contribution < -0.4 is 0 Å². The fourth-order valence-electron chi connectivity index (χ4n) is 1.50. The molecule has 0 bridgehead atoms. The summed E-state index contributed by atoms with van der Waals surface area (Å²) in [5.74, 6) is 0.832. The van der Waals surface area contributed by atoms with Crippen LogP contribution in [0.3, 0.4) is 0 Å². The smallest absolute Gasteiger partial charge is 0.0250 e. The summed E-state index contributed by atoms with van der Waals surface area (Å²) >= 11 is 0. The lowest BCUT2D eigenvalue weighted by molar-refractivity contribution is 0.554. The van der Waals surface area contributed by atoms with Gasteiger partial charge in [0.05, 0.1) is 0 Å². The highest BCUT2D eigenvalue weighted by Gasteiger charge is 1.95. The van der Waals surface area contributed by atoms with Crippen molar-refractivity contribution in [2.24, 2.45) is 5.92 Å². The monoisotopic (exact) mass is 206 g/mol. The van der Waals surface area contributed by atoms with Gasteiger partial charge in [0.25, 0.3) is 0 Å². The molecule has 0 saturated heterocycles. The van der Waals surface area contributed by atoms with Crippen molar-refractivity contribution in [2.75, 3.05) is 0 Å². The molecule has 0 aliphatic heterocycles. The molecule has 0 aliphatic rings. The van der Waals surface area contributed by atoms with Crippen LogP contribution in [0.1, 0.15) is 52.9 Å². The minimum absolute atomic E-state index is 0.832. The fraction of sp³-hybridized carbons (Fsp3) is 0.600. The molecule has 0 nitrogen and oxygen atoms in total. The summed E-state index contributed by atoms with van der Waals surface area (Å²) in [6.45, 7) is 14.4. The number of hydrogen-bond acceptors (Lipinski definition) is 0. The Morgan fingerprint density at radius 3 is 2.47 bits per heavy atom. The van der Waals surface area contributed by atoms with E-state index in [1.54, 1.807) is 0 Å². The van der Waals surface area contributed by atoms with Crippen LogP contribution in [0.4, 0.5) is 0 Å². The van der Waals surface area contributed by atoms with E-state index in [9.17, 15) is 0 Å². The van der Waals surface area contributed by atoms with E-state index < -0.39 is 0 Å². The maximum absolute atomic E-state index is 3.91. The summed E-state index contributed by atoms with van der Waals surface area (Å²) in [7, 11) is 0. The Hall–Kier alpha value is -0.780. The Bertz CT molecular complexity index is 218. The summed E-state index contributed by atoms with van der Waals surface area (Å²) in [6, 6.07) is 0. The summed E-state index contributed by atoms with van der Waals surface area (Å²) in [4.78, 5) is 0. The van der Waals surface area contributed by atoms with Crippen molar-refractivity contribution in [1.29, 1.82) is 0 Å². The lowest BCUT2D eigenvalue weighted by atomic mass is 10.0. The van der Waals surface area contributed by atoms with E-state index in [4.69, 9.17) is 0 Å². The highest BCUT2D eigenvalue weighted by atomic mass is 14.0.